The predicted molar refractivity (Wildman–Crippen MR) is 123 cm³/mol. The van der Waals surface area contributed by atoms with Crippen molar-refractivity contribution in [3.8, 4) is 0 Å². The Labute approximate surface area is 230 Å². The van der Waals surface area contributed by atoms with Crippen LogP contribution < -0.4 is 51.4 Å². The van der Waals surface area contributed by atoms with Gasteiger partial charge in [-0.3, -0.25) is 0 Å². The van der Waals surface area contributed by atoms with Gasteiger partial charge in [-0.2, -0.15) is 0 Å². The average molecular weight is 473 g/mol. The Morgan fingerprint density at radius 1 is 0.600 bits per heavy atom. The Balaban J connectivity index is 0. The van der Waals surface area contributed by atoms with Gasteiger partial charge in [0.25, 0.3) is 0 Å². The Kier molecular flexibility index (Phi) is 26.6. The van der Waals surface area contributed by atoms with Crippen LogP contribution in [0.5, 0.6) is 0 Å². The SMILES string of the molecule is CCCCCCCCC(CCCCCCCCCC(O)CCCCC)S(=O)(=O)[O-].[K+]. The number of hydrogen-bond acceptors (Lipinski definition) is 4. The van der Waals surface area contributed by atoms with E-state index in [2.05, 4.69) is 13.8 Å². The van der Waals surface area contributed by atoms with Gasteiger partial charge >= 0.3 is 51.4 Å². The smallest absolute Gasteiger partial charge is 0.748 e. The van der Waals surface area contributed by atoms with Crippen molar-refractivity contribution >= 4 is 10.1 Å². The van der Waals surface area contributed by atoms with Crippen LogP contribution in [0.2, 0.25) is 0 Å². The minimum atomic E-state index is -4.16. The van der Waals surface area contributed by atoms with Gasteiger partial charge in [0, 0.05) is 5.25 Å². The molecule has 0 amide bonds. The second-order valence-electron chi connectivity index (χ2n) is 8.87. The fourth-order valence-electron chi connectivity index (χ4n) is 4.00. The number of rotatable bonds is 22. The zero-order chi connectivity index (χ0) is 21.8. The van der Waals surface area contributed by atoms with Crippen LogP contribution in [0.1, 0.15) is 142 Å². The van der Waals surface area contributed by atoms with E-state index in [0.717, 1.165) is 70.6 Å². The first-order chi connectivity index (χ1) is 13.9. The molecule has 0 heterocycles. The van der Waals surface area contributed by atoms with E-state index < -0.39 is 15.4 Å². The van der Waals surface area contributed by atoms with Crippen LogP contribution in [-0.4, -0.2) is 29.4 Å². The Morgan fingerprint density at radius 2 is 0.900 bits per heavy atom. The summed E-state index contributed by atoms with van der Waals surface area (Å²) in [5, 5.41) is 9.23. The molecule has 0 spiro atoms. The number of aliphatic hydroxyl groups excluding tert-OH is 1. The topological polar surface area (TPSA) is 77.4 Å². The van der Waals surface area contributed by atoms with Crippen LogP contribution in [-0.2, 0) is 10.1 Å². The van der Waals surface area contributed by atoms with Gasteiger partial charge in [-0.05, 0) is 25.7 Å². The summed E-state index contributed by atoms with van der Waals surface area (Å²) < 4.78 is 34.5. The van der Waals surface area contributed by atoms with Crippen molar-refractivity contribution in [3.63, 3.8) is 0 Å². The fourth-order valence-corrected chi connectivity index (χ4v) is 4.91. The third-order valence-corrected chi connectivity index (χ3v) is 7.28. The largest absolute Gasteiger partial charge is 1.00 e. The van der Waals surface area contributed by atoms with Crippen LogP contribution in [0.15, 0.2) is 0 Å². The van der Waals surface area contributed by atoms with E-state index in [1.165, 1.54) is 44.9 Å². The van der Waals surface area contributed by atoms with E-state index in [0.29, 0.717) is 12.8 Å². The molecule has 0 saturated heterocycles. The first-order valence-corrected chi connectivity index (χ1v) is 14.0. The summed E-state index contributed by atoms with van der Waals surface area (Å²) >= 11 is 0. The number of hydrogen-bond donors (Lipinski definition) is 1. The summed E-state index contributed by atoms with van der Waals surface area (Å²) in [6, 6.07) is 0. The molecule has 0 bridgehead atoms. The number of aliphatic hydroxyl groups is 1. The molecule has 0 aromatic carbocycles. The molecule has 0 saturated carbocycles. The van der Waals surface area contributed by atoms with Crippen molar-refractivity contribution in [1.82, 2.24) is 0 Å². The molecule has 0 rings (SSSR count). The summed E-state index contributed by atoms with van der Waals surface area (Å²) in [6.45, 7) is 4.36. The van der Waals surface area contributed by atoms with E-state index in [-0.39, 0.29) is 57.5 Å². The van der Waals surface area contributed by atoms with Crippen molar-refractivity contribution in [2.45, 2.75) is 154 Å². The minimum absolute atomic E-state index is 0. The van der Waals surface area contributed by atoms with Gasteiger partial charge in [-0.25, -0.2) is 8.42 Å². The molecule has 2 unspecified atom stereocenters. The van der Waals surface area contributed by atoms with E-state index in [1.54, 1.807) is 0 Å². The second kappa shape index (κ2) is 23.7. The molecule has 0 aliphatic heterocycles. The average Bonchev–Trinajstić information content (AvgIpc) is 2.66. The summed E-state index contributed by atoms with van der Waals surface area (Å²) in [4.78, 5) is 0. The van der Waals surface area contributed by atoms with Crippen LogP contribution in [0.4, 0.5) is 0 Å². The normalized spacial score (nSPS) is 13.7. The summed E-state index contributed by atoms with van der Waals surface area (Å²) in [5.41, 5.74) is 0. The van der Waals surface area contributed by atoms with Gasteiger partial charge in [-0.1, -0.05) is 117 Å². The molecule has 0 aromatic heterocycles. The molecule has 6 heteroatoms. The maximum Gasteiger partial charge on any atom is 1.00 e. The van der Waals surface area contributed by atoms with Gasteiger partial charge in [0.2, 0.25) is 0 Å². The molecule has 0 radical (unpaired) electrons. The molecule has 0 aliphatic carbocycles. The summed E-state index contributed by atoms with van der Waals surface area (Å²) in [6.07, 6.45) is 20.7. The van der Waals surface area contributed by atoms with Gasteiger partial charge in [0.05, 0.1) is 16.2 Å². The van der Waals surface area contributed by atoms with E-state index in [1.807, 2.05) is 0 Å². The molecule has 0 aromatic rings. The van der Waals surface area contributed by atoms with E-state index >= 15 is 0 Å². The molecule has 1 N–H and O–H groups in total. The molecular formula is C24H49KO4S. The zero-order valence-corrected chi connectivity index (χ0v) is 24.3. The van der Waals surface area contributed by atoms with Crippen molar-refractivity contribution in [1.29, 1.82) is 0 Å². The quantitative estimate of drug-likeness (QED) is 0.146. The number of unbranched alkanes of at least 4 members (excludes halogenated alkanes) is 13. The molecular weight excluding hydrogens is 423 g/mol. The van der Waals surface area contributed by atoms with Crippen molar-refractivity contribution in [3.05, 3.63) is 0 Å². The van der Waals surface area contributed by atoms with E-state index in [4.69, 9.17) is 0 Å². The molecule has 0 aliphatic rings. The van der Waals surface area contributed by atoms with Crippen LogP contribution >= 0.6 is 0 Å². The first-order valence-electron chi connectivity index (χ1n) is 12.5. The summed E-state index contributed by atoms with van der Waals surface area (Å²) in [5.74, 6) is 0. The second-order valence-corrected chi connectivity index (χ2v) is 10.5. The Bertz CT molecular complexity index is 442. The van der Waals surface area contributed by atoms with Crippen LogP contribution in [0, 0.1) is 0 Å². The predicted octanol–water partition coefficient (Wildman–Crippen LogP) is 4.11. The van der Waals surface area contributed by atoms with Crippen LogP contribution in [0.25, 0.3) is 0 Å². The molecule has 0 fully saturated rings. The first kappa shape index (κ1) is 33.7. The van der Waals surface area contributed by atoms with Gasteiger partial charge in [-0.15, -0.1) is 0 Å². The zero-order valence-electron chi connectivity index (χ0n) is 20.4. The van der Waals surface area contributed by atoms with E-state index in [9.17, 15) is 18.1 Å². The molecule has 176 valence electrons. The maximum absolute atomic E-state index is 11.5. The fraction of sp³-hybridized carbons (Fsp3) is 1.00. The van der Waals surface area contributed by atoms with Crippen molar-refractivity contribution in [2.75, 3.05) is 0 Å². The molecule has 4 nitrogen and oxygen atoms in total. The third-order valence-electron chi connectivity index (χ3n) is 5.99. The van der Waals surface area contributed by atoms with Crippen molar-refractivity contribution < 1.29 is 69.5 Å². The van der Waals surface area contributed by atoms with Crippen molar-refractivity contribution in [2.24, 2.45) is 0 Å². The van der Waals surface area contributed by atoms with Gasteiger partial charge in [0.15, 0.2) is 0 Å². The van der Waals surface area contributed by atoms with Crippen LogP contribution in [0.3, 0.4) is 0 Å². The maximum atomic E-state index is 11.5. The standard InChI is InChI=1S/C24H50O4S.K/c1-3-5-7-8-13-17-21-24(29(26,27)28)22-18-14-11-9-10-12-16-20-23(25)19-15-6-4-2;/h23-25H,3-22H2,1-2H3,(H,26,27,28);/q;+1/p-1. The third kappa shape index (κ3) is 22.7. The molecule has 2 atom stereocenters. The monoisotopic (exact) mass is 472 g/mol. The van der Waals surface area contributed by atoms with Gasteiger partial charge in [0.1, 0.15) is 0 Å². The minimum Gasteiger partial charge on any atom is -0.748 e. The van der Waals surface area contributed by atoms with Gasteiger partial charge < -0.3 is 9.66 Å². The Morgan fingerprint density at radius 3 is 1.30 bits per heavy atom. The Hall–Kier alpha value is 1.51. The molecule has 30 heavy (non-hydrogen) atoms. The summed E-state index contributed by atoms with van der Waals surface area (Å²) in [7, 11) is -4.16.